The first-order valence-electron chi connectivity index (χ1n) is 1.20. The molecule has 1 nitrogen and oxygen atoms in total. The second-order valence-corrected chi connectivity index (χ2v) is 2.63. The maximum absolute atomic E-state index is 3.76. The summed E-state index contributed by atoms with van der Waals surface area (Å²) in [6, 6.07) is 0. The first-order chi connectivity index (χ1) is 2.50. The fourth-order valence-electron chi connectivity index (χ4n) is 0.132. The van der Waals surface area contributed by atoms with E-state index >= 15 is 0 Å². The molecular formula is C2H2NS2. The third kappa shape index (κ3) is 0.851. The lowest BCUT2D eigenvalue weighted by Crippen LogP contribution is -1.48. The van der Waals surface area contributed by atoms with Gasteiger partial charge in [0.05, 0.1) is 5.88 Å². The SMILES string of the molecule is [C]1=NCSS1. The monoisotopic (exact) mass is 104 g/mol. The third-order valence-corrected chi connectivity index (χ3v) is 1.73. The molecule has 0 aromatic rings. The maximum atomic E-state index is 3.76. The molecule has 27 valence electrons. The molecule has 0 fully saturated rings. The standard InChI is InChI=1S/C2H2NS2/c1-3-2-5-4-1/h1H2. The van der Waals surface area contributed by atoms with Gasteiger partial charge in [0.15, 0.2) is 0 Å². The topological polar surface area (TPSA) is 12.4 Å². The van der Waals surface area contributed by atoms with Gasteiger partial charge in [-0.2, -0.15) is 0 Å². The van der Waals surface area contributed by atoms with Crippen molar-refractivity contribution in [1.29, 1.82) is 0 Å². The van der Waals surface area contributed by atoms with E-state index in [-0.39, 0.29) is 0 Å². The van der Waals surface area contributed by atoms with E-state index < -0.39 is 0 Å². The number of hydrogen-bond donors (Lipinski definition) is 0. The van der Waals surface area contributed by atoms with Crippen LogP contribution in [0.25, 0.3) is 0 Å². The number of aliphatic imine (C=N–C) groups is 1. The minimum atomic E-state index is 0.894. The van der Waals surface area contributed by atoms with E-state index in [1.807, 2.05) is 0 Å². The molecule has 0 bridgehead atoms. The van der Waals surface area contributed by atoms with Crippen molar-refractivity contribution in [2.75, 3.05) is 5.88 Å². The Kier molecular flexibility index (Phi) is 1.22. The normalized spacial score (nSPS) is 20.8. The van der Waals surface area contributed by atoms with Crippen molar-refractivity contribution in [1.82, 2.24) is 0 Å². The third-order valence-electron chi connectivity index (χ3n) is 0.278. The maximum Gasteiger partial charge on any atom is 0.135 e. The summed E-state index contributed by atoms with van der Waals surface area (Å²) in [7, 11) is 3.29. The molecule has 0 unspecified atom stereocenters. The summed E-state index contributed by atoms with van der Waals surface area (Å²) in [6.07, 6.45) is 0. The van der Waals surface area contributed by atoms with Crippen LogP contribution in [0.2, 0.25) is 0 Å². The summed E-state index contributed by atoms with van der Waals surface area (Å²) in [4.78, 5) is 3.76. The smallest absolute Gasteiger partial charge is 0.135 e. The fraction of sp³-hybridized carbons (Fsp3) is 0.500. The largest absolute Gasteiger partial charge is 0.263 e. The molecule has 0 saturated carbocycles. The zero-order chi connectivity index (χ0) is 3.54. The van der Waals surface area contributed by atoms with Crippen molar-refractivity contribution in [2.45, 2.75) is 0 Å². The van der Waals surface area contributed by atoms with Gasteiger partial charge in [-0.3, -0.25) is 4.99 Å². The lowest BCUT2D eigenvalue weighted by atomic mass is 11.4. The predicted octanol–water partition coefficient (Wildman–Crippen LogP) is 1.24. The molecule has 0 aromatic heterocycles. The van der Waals surface area contributed by atoms with Crippen LogP contribution in [0, 0.1) is 0 Å². The van der Waals surface area contributed by atoms with Crippen LogP contribution in [0.3, 0.4) is 0 Å². The molecule has 0 aromatic carbocycles. The average molecular weight is 104 g/mol. The van der Waals surface area contributed by atoms with E-state index in [9.17, 15) is 0 Å². The van der Waals surface area contributed by atoms with Crippen molar-refractivity contribution in [2.24, 2.45) is 4.99 Å². The highest BCUT2D eigenvalue weighted by atomic mass is 33.1. The lowest BCUT2D eigenvalue weighted by molar-refractivity contribution is 1.43. The Balaban J connectivity index is 2.32. The quantitative estimate of drug-likeness (QED) is 0.429. The number of hydrogen-bond acceptors (Lipinski definition) is 3. The van der Waals surface area contributed by atoms with Crippen LogP contribution in [0.4, 0.5) is 0 Å². The molecule has 3 heteroatoms. The van der Waals surface area contributed by atoms with Gasteiger partial charge >= 0.3 is 0 Å². The molecule has 1 aliphatic heterocycles. The average Bonchev–Trinajstić information content (AvgIpc) is 1.76. The number of nitrogens with zero attached hydrogens (tertiary/aromatic N) is 1. The van der Waals surface area contributed by atoms with Crippen molar-refractivity contribution < 1.29 is 0 Å². The zero-order valence-electron chi connectivity index (χ0n) is 2.47. The molecule has 0 amide bonds. The first kappa shape index (κ1) is 3.56. The summed E-state index contributed by atoms with van der Waals surface area (Å²) in [6.45, 7) is 0. The molecule has 1 heterocycles. The zero-order valence-corrected chi connectivity index (χ0v) is 4.10. The highest BCUT2D eigenvalue weighted by molar-refractivity contribution is 8.82. The number of rotatable bonds is 0. The Hall–Kier alpha value is 0.370. The van der Waals surface area contributed by atoms with Gasteiger partial charge in [-0.1, -0.05) is 10.8 Å². The van der Waals surface area contributed by atoms with Crippen molar-refractivity contribution in [3.63, 3.8) is 0 Å². The van der Waals surface area contributed by atoms with Gasteiger partial charge in [0.25, 0.3) is 0 Å². The molecule has 1 radical (unpaired) electrons. The molecule has 1 rings (SSSR count). The molecule has 1 aliphatic rings. The Morgan fingerprint density at radius 2 is 2.80 bits per heavy atom. The summed E-state index contributed by atoms with van der Waals surface area (Å²) >= 11 is 0. The van der Waals surface area contributed by atoms with Gasteiger partial charge < -0.3 is 0 Å². The molecule has 5 heavy (non-hydrogen) atoms. The van der Waals surface area contributed by atoms with Crippen molar-refractivity contribution >= 4 is 27.1 Å². The Morgan fingerprint density at radius 3 is 3.00 bits per heavy atom. The van der Waals surface area contributed by atoms with Crippen LogP contribution in [0.5, 0.6) is 0 Å². The highest BCUT2D eigenvalue weighted by Gasteiger charge is 1.88. The molecule has 0 N–H and O–H groups in total. The summed E-state index contributed by atoms with van der Waals surface area (Å²) < 4.78 is 0. The Bertz CT molecular complexity index is 45.6. The van der Waals surface area contributed by atoms with Crippen LogP contribution in [-0.2, 0) is 0 Å². The molecule has 0 spiro atoms. The Morgan fingerprint density at radius 1 is 1.80 bits per heavy atom. The van der Waals surface area contributed by atoms with Crippen molar-refractivity contribution in [3.8, 4) is 0 Å². The predicted molar refractivity (Wildman–Crippen MR) is 27.5 cm³/mol. The van der Waals surface area contributed by atoms with E-state index in [1.54, 1.807) is 21.6 Å². The first-order valence-corrected chi connectivity index (χ1v) is 3.52. The van der Waals surface area contributed by atoms with Crippen LogP contribution in [0.15, 0.2) is 4.99 Å². The van der Waals surface area contributed by atoms with Crippen molar-refractivity contribution in [3.05, 3.63) is 0 Å². The summed E-state index contributed by atoms with van der Waals surface area (Å²) in [5.74, 6) is 0.894. The van der Waals surface area contributed by atoms with Gasteiger partial charge in [0, 0.05) is 0 Å². The van der Waals surface area contributed by atoms with E-state index in [4.69, 9.17) is 0 Å². The second kappa shape index (κ2) is 1.72. The molecule has 0 aliphatic carbocycles. The molecular weight excluding hydrogens is 102 g/mol. The van der Waals surface area contributed by atoms with Crippen LogP contribution >= 0.6 is 21.6 Å². The Labute approximate surface area is 38.6 Å². The van der Waals surface area contributed by atoms with Crippen LogP contribution < -0.4 is 0 Å². The molecule has 0 saturated heterocycles. The summed E-state index contributed by atoms with van der Waals surface area (Å²) in [5.41, 5.74) is 2.73. The highest BCUT2D eigenvalue weighted by Crippen LogP contribution is 2.23. The van der Waals surface area contributed by atoms with E-state index in [2.05, 4.69) is 10.5 Å². The fourth-order valence-corrected chi connectivity index (χ4v) is 1.19. The van der Waals surface area contributed by atoms with Gasteiger partial charge in [0.1, 0.15) is 5.55 Å². The van der Waals surface area contributed by atoms with E-state index in [0.29, 0.717) is 0 Å². The minimum Gasteiger partial charge on any atom is -0.263 e. The second-order valence-electron chi connectivity index (χ2n) is 0.580. The van der Waals surface area contributed by atoms with E-state index in [0.717, 1.165) is 5.88 Å². The van der Waals surface area contributed by atoms with Gasteiger partial charge in [-0.25, -0.2) is 0 Å². The summed E-state index contributed by atoms with van der Waals surface area (Å²) in [5, 5.41) is 0. The van der Waals surface area contributed by atoms with Crippen LogP contribution in [0.1, 0.15) is 0 Å². The lowest BCUT2D eigenvalue weighted by Gasteiger charge is -1.66. The van der Waals surface area contributed by atoms with Gasteiger partial charge in [-0.05, 0) is 10.8 Å². The van der Waals surface area contributed by atoms with Gasteiger partial charge in [-0.15, -0.1) is 0 Å². The minimum absolute atomic E-state index is 0.894. The molecule has 0 atom stereocenters. The van der Waals surface area contributed by atoms with Crippen LogP contribution in [-0.4, -0.2) is 11.4 Å². The van der Waals surface area contributed by atoms with E-state index in [1.165, 1.54) is 0 Å². The van der Waals surface area contributed by atoms with Gasteiger partial charge in [0.2, 0.25) is 0 Å².